The third-order valence-electron chi connectivity index (χ3n) is 2.51. The number of ether oxygens (including phenoxy) is 1. The van der Waals surface area contributed by atoms with Crippen molar-refractivity contribution >= 4 is 0 Å². The summed E-state index contributed by atoms with van der Waals surface area (Å²) >= 11 is 0. The summed E-state index contributed by atoms with van der Waals surface area (Å²) in [6.07, 6.45) is 0.391. The molecule has 2 unspecified atom stereocenters. The number of nitrogens with two attached hydrogens (primary N) is 1. The molecule has 0 aliphatic rings. The molecule has 0 heterocycles. The van der Waals surface area contributed by atoms with Gasteiger partial charge in [0, 0.05) is 7.11 Å². The second-order valence-electron chi connectivity index (χ2n) is 3.66. The molecule has 0 rings (SSSR count). The maximum atomic E-state index is 9.83. The summed E-state index contributed by atoms with van der Waals surface area (Å²) < 4.78 is 5.18. The largest absolute Gasteiger partial charge is 0.390 e. The summed E-state index contributed by atoms with van der Waals surface area (Å²) in [4.78, 5) is 0. The lowest BCUT2D eigenvalue weighted by molar-refractivity contribution is -0.100. The van der Waals surface area contributed by atoms with E-state index >= 15 is 0 Å². The van der Waals surface area contributed by atoms with Gasteiger partial charge in [-0.05, 0) is 32.7 Å². The van der Waals surface area contributed by atoms with Crippen molar-refractivity contribution in [1.82, 2.24) is 0 Å². The molecule has 0 aliphatic heterocycles. The molecule has 0 fully saturated rings. The highest BCUT2D eigenvalue weighted by Gasteiger charge is 2.32. The molecule has 0 saturated carbocycles. The first-order valence-electron chi connectivity index (χ1n) is 4.42. The summed E-state index contributed by atoms with van der Waals surface area (Å²) in [5, 5.41) is 9.83. The second-order valence-corrected chi connectivity index (χ2v) is 3.66. The highest BCUT2D eigenvalue weighted by atomic mass is 16.5. The minimum absolute atomic E-state index is 0.125. The minimum atomic E-state index is -0.500. The van der Waals surface area contributed by atoms with Gasteiger partial charge in [-0.15, -0.1) is 0 Å². The zero-order valence-electron chi connectivity index (χ0n) is 8.50. The Labute approximate surface area is 74.9 Å². The third kappa shape index (κ3) is 2.73. The molecule has 0 aromatic heterocycles. The Morgan fingerprint density at radius 1 is 1.50 bits per heavy atom. The van der Waals surface area contributed by atoms with E-state index in [0.29, 0.717) is 6.54 Å². The number of rotatable bonds is 5. The normalized spacial score (nSPS) is 17.5. The fraction of sp³-hybridized carbons (Fsp3) is 1.00. The molecule has 3 N–H and O–H groups in total. The lowest BCUT2D eigenvalue weighted by Crippen LogP contribution is -2.45. The first kappa shape index (κ1) is 11.9. The average Bonchev–Trinajstić information content (AvgIpc) is 2.06. The number of aliphatic hydroxyl groups is 1. The molecule has 2 atom stereocenters. The number of aliphatic hydroxyl groups excluding tert-OH is 1. The first-order valence-corrected chi connectivity index (χ1v) is 4.42. The van der Waals surface area contributed by atoms with E-state index in [9.17, 15) is 5.11 Å². The van der Waals surface area contributed by atoms with Crippen LogP contribution in [0, 0.1) is 5.92 Å². The van der Waals surface area contributed by atoms with E-state index in [1.165, 1.54) is 0 Å². The number of hydrogen-bond donors (Lipinski definition) is 2. The van der Waals surface area contributed by atoms with Gasteiger partial charge in [0.15, 0.2) is 0 Å². The highest BCUT2D eigenvalue weighted by Crippen LogP contribution is 2.21. The van der Waals surface area contributed by atoms with Crippen molar-refractivity contribution in [1.29, 1.82) is 0 Å². The van der Waals surface area contributed by atoms with Gasteiger partial charge in [-0.1, -0.05) is 6.92 Å². The van der Waals surface area contributed by atoms with Crippen LogP contribution in [0.25, 0.3) is 0 Å². The lowest BCUT2D eigenvalue weighted by atomic mass is 9.88. The average molecular weight is 175 g/mol. The van der Waals surface area contributed by atoms with E-state index in [-0.39, 0.29) is 5.92 Å². The first-order chi connectivity index (χ1) is 5.49. The van der Waals surface area contributed by atoms with E-state index in [4.69, 9.17) is 10.5 Å². The summed E-state index contributed by atoms with van der Waals surface area (Å²) in [5.74, 6) is 0.125. The van der Waals surface area contributed by atoms with Crippen molar-refractivity contribution in [2.75, 3.05) is 13.7 Å². The molecule has 0 amide bonds. The Hall–Kier alpha value is -0.120. The number of methoxy groups -OCH3 is 1. The summed E-state index contributed by atoms with van der Waals surface area (Å²) in [5.41, 5.74) is 5.02. The predicted molar refractivity (Wildman–Crippen MR) is 49.9 cm³/mol. The Morgan fingerprint density at radius 3 is 2.25 bits per heavy atom. The molecule has 3 heteroatoms. The monoisotopic (exact) mass is 175 g/mol. The van der Waals surface area contributed by atoms with Gasteiger partial charge < -0.3 is 15.6 Å². The Balaban J connectivity index is 4.23. The maximum absolute atomic E-state index is 9.83. The van der Waals surface area contributed by atoms with Crippen LogP contribution in [-0.2, 0) is 4.74 Å². The summed E-state index contributed by atoms with van der Waals surface area (Å²) in [6, 6.07) is 0. The van der Waals surface area contributed by atoms with Crippen molar-refractivity contribution in [2.24, 2.45) is 11.7 Å². The number of hydrogen-bond acceptors (Lipinski definition) is 3. The van der Waals surface area contributed by atoms with Crippen LogP contribution in [0.5, 0.6) is 0 Å². The van der Waals surface area contributed by atoms with Crippen molar-refractivity contribution in [3.05, 3.63) is 0 Å². The molecule has 0 aromatic rings. The molecular weight excluding hydrogens is 154 g/mol. The Morgan fingerprint density at radius 2 is 2.00 bits per heavy atom. The van der Waals surface area contributed by atoms with Crippen LogP contribution >= 0.6 is 0 Å². The van der Waals surface area contributed by atoms with Gasteiger partial charge in [0.1, 0.15) is 0 Å². The third-order valence-corrected chi connectivity index (χ3v) is 2.51. The fourth-order valence-corrected chi connectivity index (χ4v) is 1.21. The van der Waals surface area contributed by atoms with E-state index in [2.05, 4.69) is 0 Å². The highest BCUT2D eigenvalue weighted by molar-refractivity contribution is 4.84. The smallest absolute Gasteiger partial charge is 0.0883 e. The van der Waals surface area contributed by atoms with Gasteiger partial charge in [0.2, 0.25) is 0 Å². The van der Waals surface area contributed by atoms with Crippen LogP contribution in [-0.4, -0.2) is 30.5 Å². The van der Waals surface area contributed by atoms with Crippen molar-refractivity contribution in [3.63, 3.8) is 0 Å². The van der Waals surface area contributed by atoms with Gasteiger partial charge in [-0.25, -0.2) is 0 Å². The van der Waals surface area contributed by atoms with E-state index in [0.717, 1.165) is 6.42 Å². The van der Waals surface area contributed by atoms with Gasteiger partial charge in [-0.2, -0.15) is 0 Å². The molecule has 0 spiro atoms. The quantitative estimate of drug-likeness (QED) is 0.648. The van der Waals surface area contributed by atoms with Gasteiger partial charge in [0.25, 0.3) is 0 Å². The minimum Gasteiger partial charge on any atom is -0.390 e. The Kier molecular flexibility index (Phi) is 4.75. The molecule has 0 aromatic carbocycles. The zero-order chi connectivity index (χ0) is 9.78. The van der Waals surface area contributed by atoms with Crippen LogP contribution in [0.4, 0.5) is 0 Å². The molecule has 3 nitrogen and oxygen atoms in total. The van der Waals surface area contributed by atoms with Crippen LogP contribution in [0.3, 0.4) is 0 Å². The molecule has 0 saturated heterocycles. The predicted octanol–water partition coefficient (Wildman–Crippen LogP) is 0.757. The van der Waals surface area contributed by atoms with Gasteiger partial charge in [-0.3, -0.25) is 0 Å². The topological polar surface area (TPSA) is 55.5 Å². The van der Waals surface area contributed by atoms with E-state index in [1.54, 1.807) is 7.11 Å². The second kappa shape index (κ2) is 4.80. The van der Waals surface area contributed by atoms with Crippen molar-refractivity contribution in [2.45, 2.75) is 38.9 Å². The summed E-state index contributed by atoms with van der Waals surface area (Å²) in [6.45, 7) is 6.27. The van der Waals surface area contributed by atoms with E-state index < -0.39 is 11.7 Å². The molecule has 0 radical (unpaired) electrons. The van der Waals surface area contributed by atoms with Crippen LogP contribution in [0.2, 0.25) is 0 Å². The van der Waals surface area contributed by atoms with Gasteiger partial charge >= 0.3 is 0 Å². The molecular formula is C9H21NO2. The SMILES string of the molecule is CCC(CN)C(O)C(C)(C)OC. The van der Waals surface area contributed by atoms with Crippen LogP contribution in [0.1, 0.15) is 27.2 Å². The van der Waals surface area contributed by atoms with Crippen LogP contribution in [0.15, 0.2) is 0 Å². The fourth-order valence-electron chi connectivity index (χ4n) is 1.21. The Bertz CT molecular complexity index is 122. The molecule has 74 valence electrons. The van der Waals surface area contributed by atoms with Crippen molar-refractivity contribution < 1.29 is 9.84 Å². The zero-order valence-corrected chi connectivity index (χ0v) is 8.50. The lowest BCUT2D eigenvalue weighted by Gasteiger charge is -2.33. The molecule has 0 bridgehead atoms. The van der Waals surface area contributed by atoms with Gasteiger partial charge in [0.05, 0.1) is 11.7 Å². The summed E-state index contributed by atoms with van der Waals surface area (Å²) in [7, 11) is 1.60. The van der Waals surface area contributed by atoms with Crippen LogP contribution < -0.4 is 5.73 Å². The van der Waals surface area contributed by atoms with Crippen molar-refractivity contribution in [3.8, 4) is 0 Å². The molecule has 12 heavy (non-hydrogen) atoms. The van der Waals surface area contributed by atoms with E-state index in [1.807, 2.05) is 20.8 Å². The standard InChI is InChI=1S/C9H21NO2/c1-5-7(6-10)8(11)9(2,3)12-4/h7-8,11H,5-6,10H2,1-4H3. The molecule has 0 aliphatic carbocycles. The maximum Gasteiger partial charge on any atom is 0.0883 e.